The van der Waals surface area contributed by atoms with Crippen LogP contribution in [0.15, 0.2) is 84.8 Å². The molecular formula is C23H22N4O16S4. The summed E-state index contributed by atoms with van der Waals surface area (Å²) in [6, 6.07) is 9.69. The highest BCUT2D eigenvalue weighted by Crippen LogP contribution is 2.46. The van der Waals surface area contributed by atoms with Crippen molar-refractivity contribution in [2.24, 2.45) is 20.5 Å². The fourth-order valence-electron chi connectivity index (χ4n) is 3.41. The summed E-state index contributed by atoms with van der Waals surface area (Å²) in [6.07, 6.45) is 0. The third-order valence-corrected chi connectivity index (χ3v) is 9.83. The number of nitrogens with zero attached hydrogens (tertiary/aromatic N) is 4. The van der Waals surface area contributed by atoms with Crippen molar-refractivity contribution in [3.8, 4) is 11.5 Å². The summed E-state index contributed by atoms with van der Waals surface area (Å²) in [5.74, 6) is -5.19. The minimum Gasteiger partial charge on any atom is -0.505 e. The smallest absolute Gasteiger partial charge is 0.397 e. The number of azo groups is 2. The van der Waals surface area contributed by atoms with Crippen LogP contribution >= 0.6 is 0 Å². The van der Waals surface area contributed by atoms with Gasteiger partial charge in [0.1, 0.15) is 11.4 Å². The molecule has 0 bridgehead atoms. The molecule has 0 spiro atoms. The molecular weight excluding hydrogens is 717 g/mol. The molecule has 3 aromatic rings. The average molecular weight is 739 g/mol. The number of sulfone groups is 2. The lowest BCUT2D eigenvalue weighted by Gasteiger charge is -2.08. The number of phenolic OH excluding ortho intramolecular Hbond substituents is 2. The molecule has 0 unspecified atom stereocenters. The molecule has 0 aliphatic rings. The Morgan fingerprint density at radius 1 is 0.638 bits per heavy atom. The number of aromatic hydroxyl groups is 2. The molecule has 0 saturated heterocycles. The normalized spacial score (nSPS) is 13.0. The van der Waals surface area contributed by atoms with Crippen LogP contribution in [-0.2, 0) is 48.8 Å². The second kappa shape index (κ2) is 14.6. The third kappa shape index (κ3) is 10.8. The second-order valence-corrected chi connectivity index (χ2v) is 15.2. The van der Waals surface area contributed by atoms with Gasteiger partial charge >= 0.3 is 26.8 Å². The van der Waals surface area contributed by atoms with Crippen molar-refractivity contribution in [3.05, 3.63) is 60.2 Å². The van der Waals surface area contributed by atoms with Crippen molar-refractivity contribution in [1.82, 2.24) is 0 Å². The number of hydrogen-bond donors (Lipinski definition) is 5. The van der Waals surface area contributed by atoms with E-state index >= 15 is 0 Å². The van der Waals surface area contributed by atoms with Gasteiger partial charge < -0.3 is 15.3 Å². The van der Waals surface area contributed by atoms with Gasteiger partial charge in [0.05, 0.1) is 51.4 Å². The maximum absolute atomic E-state index is 12.5. The Morgan fingerprint density at radius 2 is 1.15 bits per heavy atom. The Hall–Kier alpha value is -4.43. The topological polar surface area (TPSA) is 323 Å². The number of phenols is 2. The summed E-state index contributed by atoms with van der Waals surface area (Å²) < 4.78 is 117. The number of hydrogen-bond acceptors (Lipinski definition) is 17. The van der Waals surface area contributed by atoms with E-state index in [1.54, 1.807) is 0 Å². The molecule has 0 aliphatic heterocycles. The SMILES string of the molecule is O=C(O)c1cc(O)c(N=Nc2cccc(S(=O)(=O)CCOS(=O)(=O)O)c2)c(O)c1N=Nc1ccc(S(=O)(=O)CCOS(=O)(=O)O)cc1. The summed E-state index contributed by atoms with van der Waals surface area (Å²) in [5, 5.41) is 45.4. The van der Waals surface area contributed by atoms with E-state index in [9.17, 15) is 53.8 Å². The number of carboxylic acids is 1. The van der Waals surface area contributed by atoms with Crippen LogP contribution in [0.5, 0.6) is 11.5 Å². The highest BCUT2D eigenvalue weighted by molar-refractivity contribution is 7.91. The fraction of sp³-hybridized carbons (Fsp3) is 0.174. The van der Waals surface area contributed by atoms with Crippen LogP contribution in [0.2, 0.25) is 0 Å². The minimum absolute atomic E-state index is 0.0508. The largest absolute Gasteiger partial charge is 0.505 e. The first kappa shape index (κ1) is 37.0. The predicted molar refractivity (Wildman–Crippen MR) is 157 cm³/mol. The van der Waals surface area contributed by atoms with Crippen LogP contribution < -0.4 is 0 Å². The van der Waals surface area contributed by atoms with Crippen molar-refractivity contribution in [1.29, 1.82) is 0 Å². The van der Waals surface area contributed by atoms with Gasteiger partial charge in [0, 0.05) is 0 Å². The summed E-state index contributed by atoms with van der Waals surface area (Å²) in [4.78, 5) is 11.1. The zero-order chi connectivity index (χ0) is 35.2. The number of rotatable bonds is 15. The lowest BCUT2D eigenvalue weighted by molar-refractivity contribution is 0.0696. The van der Waals surface area contributed by atoms with Gasteiger partial charge in [0.15, 0.2) is 31.1 Å². The molecule has 0 aliphatic carbocycles. The van der Waals surface area contributed by atoms with Gasteiger partial charge in [-0.05, 0) is 48.5 Å². The van der Waals surface area contributed by atoms with Gasteiger partial charge in [-0.3, -0.25) is 9.11 Å². The molecule has 20 nitrogen and oxygen atoms in total. The van der Waals surface area contributed by atoms with E-state index in [0.29, 0.717) is 6.07 Å². The molecule has 0 radical (unpaired) electrons. The predicted octanol–water partition coefficient (Wildman–Crippen LogP) is 2.81. The highest BCUT2D eigenvalue weighted by Gasteiger charge is 2.23. The van der Waals surface area contributed by atoms with Gasteiger partial charge in [-0.25, -0.2) is 30.0 Å². The molecule has 3 rings (SSSR count). The van der Waals surface area contributed by atoms with Crippen LogP contribution in [0.4, 0.5) is 22.7 Å². The van der Waals surface area contributed by atoms with E-state index in [0.717, 1.165) is 36.4 Å². The first-order valence-electron chi connectivity index (χ1n) is 12.2. The molecule has 0 saturated carbocycles. The molecule has 0 amide bonds. The molecule has 47 heavy (non-hydrogen) atoms. The molecule has 0 fully saturated rings. The van der Waals surface area contributed by atoms with Gasteiger partial charge in [-0.1, -0.05) is 6.07 Å². The highest BCUT2D eigenvalue weighted by atomic mass is 32.3. The molecule has 24 heteroatoms. The standard InChI is InChI=1S/C23H22N4O16S4/c28-19-13-18(23(30)31)20(26-24-14-4-6-16(7-5-14)44(32,33)10-8-42-46(36,37)38)22(29)21(19)27-25-15-2-1-3-17(12-15)45(34,35)11-9-43-47(39,40)41/h1-7,12-13,28-29H,8-11H2,(H,30,31)(H,36,37,38)(H,39,40,41). The van der Waals surface area contributed by atoms with Crippen molar-refractivity contribution in [2.75, 3.05) is 24.7 Å². The van der Waals surface area contributed by atoms with Gasteiger partial charge in [-0.2, -0.15) is 27.1 Å². The number of carbonyl (C=O) groups is 1. The summed E-state index contributed by atoms with van der Waals surface area (Å²) in [5.41, 5.74) is -2.34. The number of benzene rings is 3. The number of aromatic carboxylic acids is 1. The van der Waals surface area contributed by atoms with Crippen molar-refractivity contribution in [2.45, 2.75) is 9.79 Å². The second-order valence-electron chi connectivity index (χ2n) is 8.82. The quantitative estimate of drug-likeness (QED) is 0.110. The lowest BCUT2D eigenvalue weighted by Crippen LogP contribution is -2.15. The fourth-order valence-corrected chi connectivity index (χ4v) is 6.42. The Kier molecular flexibility index (Phi) is 11.5. The maximum atomic E-state index is 12.5. The van der Waals surface area contributed by atoms with Gasteiger partial charge in [-0.15, -0.1) is 10.2 Å². The van der Waals surface area contributed by atoms with Crippen molar-refractivity contribution in [3.63, 3.8) is 0 Å². The molecule has 0 heterocycles. The molecule has 254 valence electrons. The Labute approximate surface area is 266 Å². The Morgan fingerprint density at radius 3 is 1.68 bits per heavy atom. The molecule has 0 atom stereocenters. The van der Waals surface area contributed by atoms with Crippen molar-refractivity contribution >= 4 is 69.2 Å². The van der Waals surface area contributed by atoms with Crippen molar-refractivity contribution < 1.29 is 71.3 Å². The van der Waals surface area contributed by atoms with Crippen LogP contribution in [-0.4, -0.2) is 88.8 Å². The maximum Gasteiger partial charge on any atom is 0.397 e. The van der Waals surface area contributed by atoms with Gasteiger partial charge in [0.2, 0.25) is 0 Å². The summed E-state index contributed by atoms with van der Waals surface area (Å²) >= 11 is 0. The van der Waals surface area contributed by atoms with Crippen LogP contribution in [0.3, 0.4) is 0 Å². The van der Waals surface area contributed by atoms with E-state index in [1.165, 1.54) is 12.1 Å². The summed E-state index contributed by atoms with van der Waals surface area (Å²) in [7, 11) is -17.9. The van der Waals surface area contributed by atoms with E-state index in [-0.39, 0.29) is 21.2 Å². The van der Waals surface area contributed by atoms with Crippen LogP contribution in [0.25, 0.3) is 0 Å². The minimum atomic E-state index is -4.87. The van der Waals surface area contributed by atoms with E-state index in [2.05, 4.69) is 28.8 Å². The Bertz CT molecular complexity index is 2170. The lowest BCUT2D eigenvalue weighted by atomic mass is 10.1. The molecule has 3 aromatic carbocycles. The zero-order valence-electron chi connectivity index (χ0n) is 23.2. The first-order valence-corrected chi connectivity index (χ1v) is 18.3. The Balaban J connectivity index is 1.88. The van der Waals surface area contributed by atoms with Crippen LogP contribution in [0.1, 0.15) is 10.4 Å². The number of carboxylic acid groups (broad SMARTS) is 1. The van der Waals surface area contributed by atoms with Gasteiger partial charge in [0.25, 0.3) is 0 Å². The van der Waals surface area contributed by atoms with Crippen LogP contribution in [0, 0.1) is 0 Å². The van der Waals surface area contributed by atoms with E-state index in [4.69, 9.17) is 9.11 Å². The monoisotopic (exact) mass is 738 g/mol. The first-order chi connectivity index (χ1) is 21.7. The molecule has 5 N–H and O–H groups in total. The summed E-state index contributed by atoms with van der Waals surface area (Å²) in [6.45, 7) is -1.75. The van der Waals surface area contributed by atoms with E-state index < -0.39 is 99.6 Å². The molecule has 0 aromatic heterocycles. The zero-order valence-corrected chi connectivity index (χ0v) is 26.4. The van der Waals surface area contributed by atoms with E-state index in [1.807, 2.05) is 0 Å². The average Bonchev–Trinajstić information content (AvgIpc) is 2.95. The third-order valence-electron chi connectivity index (χ3n) is 5.53.